The van der Waals surface area contributed by atoms with Gasteiger partial charge in [-0.15, -0.1) is 24.0 Å². The first-order chi connectivity index (χ1) is 14.2. The summed E-state index contributed by atoms with van der Waals surface area (Å²) in [4.78, 5) is 4.12. The molecule has 1 aromatic heterocycles. The van der Waals surface area contributed by atoms with Crippen LogP contribution < -0.4 is 10.6 Å². The van der Waals surface area contributed by atoms with Gasteiger partial charge >= 0.3 is 15.5 Å². The van der Waals surface area contributed by atoms with Crippen LogP contribution >= 0.6 is 24.0 Å². The summed E-state index contributed by atoms with van der Waals surface area (Å²) in [6, 6.07) is 9.47. The number of piperidine rings is 1. The minimum Gasteiger partial charge on any atom is -0.354 e. The van der Waals surface area contributed by atoms with Gasteiger partial charge in [0.1, 0.15) is 0 Å². The van der Waals surface area contributed by atoms with Crippen molar-refractivity contribution in [3.05, 3.63) is 48.3 Å². The second kappa shape index (κ2) is 10.6. The molecule has 13 heteroatoms. The summed E-state index contributed by atoms with van der Waals surface area (Å²) >= 11 is 0. The fraction of sp³-hybridized carbons (Fsp3) is 0.444. The summed E-state index contributed by atoms with van der Waals surface area (Å²) in [5.74, 6) is 0.486. The Hall–Kier alpha value is -1.87. The van der Waals surface area contributed by atoms with Crippen LogP contribution in [0.2, 0.25) is 0 Å². The maximum Gasteiger partial charge on any atom is 0.511 e. The van der Waals surface area contributed by atoms with Crippen LogP contribution in [0.25, 0.3) is 5.69 Å². The third kappa shape index (κ3) is 6.32. The molecule has 1 aliphatic heterocycles. The molecular weight excluding hydrogens is 548 g/mol. The Morgan fingerprint density at radius 1 is 1.23 bits per heavy atom. The summed E-state index contributed by atoms with van der Waals surface area (Å²) in [6.45, 7) is 0.0640. The van der Waals surface area contributed by atoms with Gasteiger partial charge in [0.15, 0.2) is 5.96 Å². The lowest BCUT2D eigenvalue weighted by Gasteiger charge is -2.32. The number of hydrogen-bond acceptors (Lipinski definition) is 4. The van der Waals surface area contributed by atoms with Crippen molar-refractivity contribution in [3.63, 3.8) is 0 Å². The molecule has 1 aliphatic rings. The number of para-hydroxylation sites is 1. The Kier molecular flexibility index (Phi) is 8.71. The van der Waals surface area contributed by atoms with Crippen LogP contribution in [-0.2, 0) is 16.6 Å². The van der Waals surface area contributed by atoms with Crippen molar-refractivity contribution in [2.24, 2.45) is 4.99 Å². The molecule has 172 valence electrons. The number of nitrogens with one attached hydrogen (secondary N) is 2. The van der Waals surface area contributed by atoms with E-state index in [1.807, 2.05) is 36.5 Å². The number of halogens is 4. The molecule has 1 saturated heterocycles. The Balaban J connectivity index is 0.00000341. The van der Waals surface area contributed by atoms with E-state index < -0.39 is 15.5 Å². The van der Waals surface area contributed by atoms with Gasteiger partial charge in [-0.2, -0.15) is 22.6 Å². The smallest absolute Gasteiger partial charge is 0.354 e. The molecule has 1 aromatic carbocycles. The predicted octanol–water partition coefficient (Wildman–Crippen LogP) is 2.47. The molecule has 8 nitrogen and oxygen atoms in total. The van der Waals surface area contributed by atoms with Gasteiger partial charge in [0.05, 0.1) is 11.9 Å². The monoisotopic (exact) mass is 572 g/mol. The summed E-state index contributed by atoms with van der Waals surface area (Å²) in [5.41, 5.74) is -3.41. The second-order valence-electron chi connectivity index (χ2n) is 6.82. The average molecular weight is 572 g/mol. The highest BCUT2D eigenvalue weighted by atomic mass is 127. The van der Waals surface area contributed by atoms with Gasteiger partial charge < -0.3 is 10.6 Å². The zero-order valence-electron chi connectivity index (χ0n) is 16.7. The van der Waals surface area contributed by atoms with E-state index in [2.05, 4.69) is 20.7 Å². The quantitative estimate of drug-likeness (QED) is 0.327. The Labute approximate surface area is 196 Å². The Bertz CT molecular complexity index is 974. The topological polar surface area (TPSA) is 91.6 Å². The molecule has 3 rings (SSSR count). The number of sulfonamides is 1. The minimum atomic E-state index is -5.27. The summed E-state index contributed by atoms with van der Waals surface area (Å²) in [6.07, 6.45) is 4.12. The maximum atomic E-state index is 12.7. The molecule has 0 amide bonds. The molecule has 2 heterocycles. The van der Waals surface area contributed by atoms with Crippen molar-refractivity contribution in [2.45, 2.75) is 30.9 Å². The molecule has 0 unspecified atom stereocenters. The lowest BCUT2D eigenvalue weighted by Crippen LogP contribution is -2.51. The second-order valence-corrected chi connectivity index (χ2v) is 8.75. The number of hydrogen-bond donors (Lipinski definition) is 2. The summed E-state index contributed by atoms with van der Waals surface area (Å²) in [7, 11) is -3.68. The van der Waals surface area contributed by atoms with Gasteiger partial charge in [0, 0.05) is 44.5 Å². The SMILES string of the molecule is CN=C(NCc1cnn(-c2ccccc2)c1)NC1CCN(S(=O)(=O)C(F)(F)F)CC1.I. The van der Waals surface area contributed by atoms with Crippen molar-refractivity contribution < 1.29 is 21.6 Å². The molecule has 1 fully saturated rings. The van der Waals surface area contributed by atoms with Crippen LogP contribution in [0.15, 0.2) is 47.7 Å². The molecule has 0 saturated carbocycles. The third-order valence-electron chi connectivity index (χ3n) is 4.77. The van der Waals surface area contributed by atoms with Crippen LogP contribution in [0, 0.1) is 0 Å². The number of rotatable bonds is 5. The number of alkyl halides is 3. The van der Waals surface area contributed by atoms with Gasteiger partial charge in [-0.25, -0.2) is 13.1 Å². The van der Waals surface area contributed by atoms with Crippen molar-refractivity contribution >= 4 is 40.0 Å². The van der Waals surface area contributed by atoms with E-state index in [0.717, 1.165) is 11.3 Å². The van der Waals surface area contributed by atoms with Crippen LogP contribution in [0.5, 0.6) is 0 Å². The van der Waals surface area contributed by atoms with E-state index in [0.29, 0.717) is 16.8 Å². The van der Waals surface area contributed by atoms with Gasteiger partial charge in [-0.05, 0) is 25.0 Å². The first-order valence-electron chi connectivity index (χ1n) is 9.33. The van der Waals surface area contributed by atoms with E-state index in [1.54, 1.807) is 17.9 Å². The van der Waals surface area contributed by atoms with E-state index in [1.165, 1.54) is 0 Å². The molecule has 0 radical (unpaired) electrons. The molecule has 0 bridgehead atoms. The Morgan fingerprint density at radius 3 is 2.45 bits per heavy atom. The number of nitrogens with zero attached hydrogens (tertiary/aromatic N) is 4. The number of guanidine groups is 1. The first-order valence-corrected chi connectivity index (χ1v) is 10.8. The zero-order chi connectivity index (χ0) is 21.8. The lowest BCUT2D eigenvalue weighted by molar-refractivity contribution is -0.0494. The van der Waals surface area contributed by atoms with Crippen molar-refractivity contribution in [1.82, 2.24) is 24.7 Å². The van der Waals surface area contributed by atoms with Crippen molar-refractivity contribution in [3.8, 4) is 5.69 Å². The molecule has 31 heavy (non-hydrogen) atoms. The van der Waals surface area contributed by atoms with Crippen molar-refractivity contribution in [1.29, 1.82) is 0 Å². The van der Waals surface area contributed by atoms with Gasteiger partial charge in [0.25, 0.3) is 0 Å². The van der Waals surface area contributed by atoms with Crippen LogP contribution in [0.4, 0.5) is 13.2 Å². The highest BCUT2D eigenvalue weighted by Gasteiger charge is 2.50. The maximum absolute atomic E-state index is 12.7. The fourth-order valence-electron chi connectivity index (χ4n) is 3.13. The first kappa shape index (κ1) is 25.4. The van der Waals surface area contributed by atoms with Crippen LogP contribution in [0.3, 0.4) is 0 Å². The zero-order valence-corrected chi connectivity index (χ0v) is 19.9. The standard InChI is InChI=1S/C18H23F3N6O2S.HI/c1-22-17(23-11-14-12-24-27(13-14)16-5-3-2-4-6-16)25-15-7-9-26(10-8-15)30(28,29)18(19,20)21;/h2-6,12-13,15H,7-11H2,1H3,(H2,22,23,25);1H. The Morgan fingerprint density at radius 2 is 1.87 bits per heavy atom. The number of aliphatic imine (C=N–C) groups is 1. The molecule has 0 atom stereocenters. The van der Waals surface area contributed by atoms with Crippen LogP contribution in [-0.4, -0.2) is 60.2 Å². The van der Waals surface area contributed by atoms with E-state index >= 15 is 0 Å². The van der Waals surface area contributed by atoms with E-state index in [4.69, 9.17) is 0 Å². The lowest BCUT2D eigenvalue weighted by atomic mass is 10.1. The molecule has 0 spiro atoms. The molecule has 2 aromatic rings. The third-order valence-corrected chi connectivity index (χ3v) is 6.40. The average Bonchev–Trinajstić information content (AvgIpc) is 3.20. The summed E-state index contributed by atoms with van der Waals surface area (Å²) < 4.78 is 63.2. The number of benzene rings is 1. The number of aromatic nitrogens is 2. The minimum absolute atomic E-state index is 0. The van der Waals surface area contributed by atoms with Gasteiger partial charge in [-0.1, -0.05) is 18.2 Å². The highest BCUT2D eigenvalue weighted by molar-refractivity contribution is 14.0. The predicted molar refractivity (Wildman–Crippen MR) is 122 cm³/mol. The normalized spacial score (nSPS) is 16.6. The van der Waals surface area contributed by atoms with E-state index in [9.17, 15) is 21.6 Å². The van der Waals surface area contributed by atoms with E-state index in [-0.39, 0.29) is 55.9 Å². The van der Waals surface area contributed by atoms with Gasteiger partial charge in [0.2, 0.25) is 0 Å². The molecule has 0 aliphatic carbocycles. The van der Waals surface area contributed by atoms with Crippen LogP contribution in [0.1, 0.15) is 18.4 Å². The molecule has 2 N–H and O–H groups in total. The van der Waals surface area contributed by atoms with Crippen molar-refractivity contribution in [2.75, 3.05) is 20.1 Å². The molecular formula is C18H24F3IN6O2S. The van der Waals surface area contributed by atoms with Gasteiger partial charge in [-0.3, -0.25) is 4.99 Å². The summed E-state index contributed by atoms with van der Waals surface area (Å²) in [5, 5.41) is 10.6. The highest BCUT2D eigenvalue weighted by Crippen LogP contribution is 2.28. The largest absolute Gasteiger partial charge is 0.511 e. The fourth-order valence-corrected chi connectivity index (χ4v) is 4.12.